The lowest BCUT2D eigenvalue weighted by molar-refractivity contribution is 0.415. The van der Waals surface area contributed by atoms with Gasteiger partial charge in [0.15, 0.2) is 0 Å². The summed E-state index contributed by atoms with van der Waals surface area (Å²) in [7, 11) is 1.67. The number of fused-ring (bicyclic) bond motifs is 1. The molecule has 1 aromatic carbocycles. The van der Waals surface area contributed by atoms with Crippen molar-refractivity contribution in [3.63, 3.8) is 0 Å². The Labute approximate surface area is 86.9 Å². The maximum Gasteiger partial charge on any atom is 0.121 e. The molecular formula is C10H12N2OS. The number of nitrogens with one attached hydrogen (secondary N) is 1. The van der Waals surface area contributed by atoms with E-state index < -0.39 is 0 Å². The molecule has 0 aliphatic rings. The van der Waals surface area contributed by atoms with Crippen LogP contribution in [-0.2, 0) is 0 Å². The molecule has 0 aliphatic carbocycles. The van der Waals surface area contributed by atoms with Crippen LogP contribution in [-0.4, -0.2) is 18.0 Å². The minimum absolute atomic E-state index is 0.853. The van der Waals surface area contributed by atoms with Crippen molar-refractivity contribution < 1.29 is 4.74 Å². The molecule has 0 radical (unpaired) electrons. The largest absolute Gasteiger partial charge is 0.497 e. The van der Waals surface area contributed by atoms with E-state index in [2.05, 4.69) is 16.6 Å². The van der Waals surface area contributed by atoms with Crippen molar-refractivity contribution in [3.05, 3.63) is 18.2 Å². The van der Waals surface area contributed by atoms with Crippen LogP contribution in [0.3, 0.4) is 0 Å². The van der Waals surface area contributed by atoms with E-state index in [1.807, 2.05) is 18.2 Å². The number of hydrogen-bond donors (Lipinski definition) is 1. The minimum Gasteiger partial charge on any atom is -0.497 e. The summed E-state index contributed by atoms with van der Waals surface area (Å²) in [5, 5.41) is 5.58. The van der Waals surface area contributed by atoms with Crippen molar-refractivity contribution >= 4 is 27.4 Å². The molecule has 14 heavy (non-hydrogen) atoms. The Bertz CT molecular complexity index is 439. The SMILES string of the molecule is CCNc1snc2cc(OC)ccc12. The normalized spacial score (nSPS) is 10.4. The zero-order valence-electron chi connectivity index (χ0n) is 8.20. The van der Waals surface area contributed by atoms with Crippen molar-refractivity contribution in [1.29, 1.82) is 0 Å². The smallest absolute Gasteiger partial charge is 0.121 e. The first-order valence-electron chi connectivity index (χ1n) is 4.52. The summed E-state index contributed by atoms with van der Waals surface area (Å²) >= 11 is 1.49. The predicted molar refractivity (Wildman–Crippen MR) is 60.3 cm³/mol. The first-order valence-corrected chi connectivity index (χ1v) is 5.29. The third kappa shape index (κ3) is 1.53. The molecule has 0 saturated heterocycles. The number of ether oxygens (including phenoxy) is 1. The highest BCUT2D eigenvalue weighted by molar-refractivity contribution is 7.11. The molecule has 0 saturated carbocycles. The van der Waals surface area contributed by atoms with Gasteiger partial charge in [0.25, 0.3) is 0 Å². The molecule has 0 amide bonds. The zero-order valence-corrected chi connectivity index (χ0v) is 9.02. The molecule has 1 N–H and O–H groups in total. The first kappa shape index (κ1) is 9.27. The first-order chi connectivity index (χ1) is 6.85. The third-order valence-electron chi connectivity index (χ3n) is 2.02. The fourth-order valence-electron chi connectivity index (χ4n) is 1.34. The van der Waals surface area contributed by atoms with Crippen molar-refractivity contribution in [2.24, 2.45) is 0 Å². The van der Waals surface area contributed by atoms with Crippen LogP contribution in [0.25, 0.3) is 10.9 Å². The number of aromatic nitrogens is 1. The monoisotopic (exact) mass is 208 g/mol. The van der Waals surface area contributed by atoms with Gasteiger partial charge in [0.05, 0.1) is 12.6 Å². The Hall–Kier alpha value is -1.29. The molecule has 0 fully saturated rings. The van der Waals surface area contributed by atoms with Gasteiger partial charge in [-0.05, 0) is 30.6 Å². The molecule has 74 valence electrons. The topological polar surface area (TPSA) is 34.2 Å². The van der Waals surface area contributed by atoms with E-state index in [1.54, 1.807) is 7.11 Å². The highest BCUT2D eigenvalue weighted by Crippen LogP contribution is 2.29. The molecule has 1 aromatic heterocycles. The molecule has 1 heterocycles. The second-order valence-electron chi connectivity index (χ2n) is 2.93. The van der Waals surface area contributed by atoms with Gasteiger partial charge in [-0.25, -0.2) is 0 Å². The van der Waals surface area contributed by atoms with Crippen molar-refractivity contribution in [1.82, 2.24) is 4.37 Å². The van der Waals surface area contributed by atoms with Gasteiger partial charge in [-0.15, -0.1) is 0 Å². The van der Waals surface area contributed by atoms with E-state index in [-0.39, 0.29) is 0 Å². The number of rotatable bonds is 3. The lowest BCUT2D eigenvalue weighted by Gasteiger charge is -2.00. The maximum absolute atomic E-state index is 5.14. The van der Waals surface area contributed by atoms with Gasteiger partial charge in [-0.1, -0.05) is 0 Å². The quantitative estimate of drug-likeness (QED) is 0.842. The second kappa shape index (κ2) is 3.84. The van der Waals surface area contributed by atoms with Gasteiger partial charge in [-0.3, -0.25) is 0 Å². The van der Waals surface area contributed by atoms with Crippen LogP contribution in [0.4, 0.5) is 5.00 Å². The Balaban J connectivity index is 2.48. The maximum atomic E-state index is 5.14. The highest BCUT2D eigenvalue weighted by atomic mass is 32.1. The molecular weight excluding hydrogens is 196 g/mol. The summed E-state index contributed by atoms with van der Waals surface area (Å²) in [6.07, 6.45) is 0. The average molecular weight is 208 g/mol. The van der Waals surface area contributed by atoms with Gasteiger partial charge >= 0.3 is 0 Å². The predicted octanol–water partition coefficient (Wildman–Crippen LogP) is 2.74. The summed E-state index contributed by atoms with van der Waals surface area (Å²) in [6.45, 7) is 3.00. The van der Waals surface area contributed by atoms with Crippen LogP contribution in [0, 0.1) is 0 Å². The minimum atomic E-state index is 0.853. The van der Waals surface area contributed by atoms with Crippen LogP contribution in [0.2, 0.25) is 0 Å². The number of benzene rings is 1. The lowest BCUT2D eigenvalue weighted by Crippen LogP contribution is -1.93. The van der Waals surface area contributed by atoms with Gasteiger partial charge in [0.1, 0.15) is 10.8 Å². The van der Waals surface area contributed by atoms with Crippen LogP contribution < -0.4 is 10.1 Å². The summed E-state index contributed by atoms with van der Waals surface area (Å²) in [6, 6.07) is 5.94. The average Bonchev–Trinajstić information content (AvgIpc) is 2.61. The van der Waals surface area contributed by atoms with E-state index >= 15 is 0 Å². The van der Waals surface area contributed by atoms with Crippen LogP contribution in [0.15, 0.2) is 18.2 Å². The summed E-state index contributed by atoms with van der Waals surface area (Å²) in [5.74, 6) is 0.853. The summed E-state index contributed by atoms with van der Waals surface area (Å²) < 4.78 is 9.48. The Kier molecular flexibility index (Phi) is 2.54. The molecule has 0 aliphatic heterocycles. The van der Waals surface area contributed by atoms with E-state index in [1.165, 1.54) is 11.5 Å². The molecule has 4 heteroatoms. The standard InChI is InChI=1S/C10H12N2OS/c1-3-11-10-8-5-4-7(13-2)6-9(8)12-14-10/h4-6,11H,3H2,1-2H3. The van der Waals surface area contributed by atoms with E-state index in [0.29, 0.717) is 0 Å². The van der Waals surface area contributed by atoms with E-state index in [9.17, 15) is 0 Å². The summed E-state index contributed by atoms with van der Waals surface area (Å²) in [4.78, 5) is 0. The van der Waals surface area contributed by atoms with Gasteiger partial charge in [-0.2, -0.15) is 4.37 Å². The van der Waals surface area contributed by atoms with Crippen LogP contribution in [0.5, 0.6) is 5.75 Å². The molecule has 2 aromatic rings. The molecule has 0 bridgehead atoms. The van der Waals surface area contributed by atoms with Crippen LogP contribution >= 0.6 is 11.5 Å². The van der Waals surface area contributed by atoms with Crippen molar-refractivity contribution in [2.45, 2.75) is 6.92 Å². The molecule has 0 spiro atoms. The molecule has 2 rings (SSSR count). The zero-order chi connectivity index (χ0) is 9.97. The van der Waals surface area contributed by atoms with Crippen molar-refractivity contribution in [2.75, 3.05) is 19.0 Å². The van der Waals surface area contributed by atoms with Crippen molar-refractivity contribution in [3.8, 4) is 5.75 Å². The second-order valence-corrected chi connectivity index (χ2v) is 3.70. The number of anilines is 1. The Morgan fingerprint density at radius 3 is 3.07 bits per heavy atom. The van der Waals surface area contributed by atoms with Gasteiger partial charge in [0, 0.05) is 18.0 Å². The molecule has 0 atom stereocenters. The summed E-state index contributed by atoms with van der Waals surface area (Å²) in [5.41, 5.74) is 0.991. The Morgan fingerprint density at radius 2 is 2.36 bits per heavy atom. The van der Waals surface area contributed by atoms with Gasteiger partial charge < -0.3 is 10.1 Å². The number of methoxy groups -OCH3 is 1. The fraction of sp³-hybridized carbons (Fsp3) is 0.300. The fourth-order valence-corrected chi connectivity index (χ4v) is 2.16. The number of hydrogen-bond acceptors (Lipinski definition) is 4. The highest BCUT2D eigenvalue weighted by Gasteiger charge is 2.05. The third-order valence-corrected chi connectivity index (χ3v) is 2.86. The molecule has 0 unspecified atom stereocenters. The number of nitrogens with zero attached hydrogens (tertiary/aromatic N) is 1. The molecule has 3 nitrogen and oxygen atoms in total. The van der Waals surface area contributed by atoms with Gasteiger partial charge in [0.2, 0.25) is 0 Å². The lowest BCUT2D eigenvalue weighted by atomic mass is 10.2. The van der Waals surface area contributed by atoms with E-state index in [0.717, 1.165) is 28.2 Å². The van der Waals surface area contributed by atoms with E-state index in [4.69, 9.17) is 4.74 Å². The Morgan fingerprint density at radius 1 is 1.50 bits per heavy atom. The van der Waals surface area contributed by atoms with Crippen LogP contribution in [0.1, 0.15) is 6.92 Å².